The lowest BCUT2D eigenvalue weighted by atomic mass is 10.0. The number of fused-ring (bicyclic) bond motifs is 2. The summed E-state index contributed by atoms with van der Waals surface area (Å²) in [5.74, 6) is -2.27. The number of nitrogens with zero attached hydrogens (tertiary/aromatic N) is 3. The Morgan fingerprint density at radius 1 is 1.04 bits per heavy atom. The summed E-state index contributed by atoms with van der Waals surface area (Å²) in [6.07, 6.45) is 13.6. The van der Waals surface area contributed by atoms with Crippen LogP contribution >= 0.6 is 11.3 Å². The zero-order valence-corrected chi connectivity index (χ0v) is 31.1. The van der Waals surface area contributed by atoms with Crippen molar-refractivity contribution in [3.63, 3.8) is 0 Å². The van der Waals surface area contributed by atoms with Gasteiger partial charge in [-0.1, -0.05) is 54.4 Å². The molecule has 4 amide bonds. The highest BCUT2D eigenvalue weighted by atomic mass is 32.2. The van der Waals surface area contributed by atoms with Gasteiger partial charge in [-0.05, 0) is 64.2 Å². The molecule has 1 unspecified atom stereocenters. The lowest BCUT2D eigenvalue weighted by molar-refractivity contribution is -0.141. The summed E-state index contributed by atoms with van der Waals surface area (Å²) in [6, 6.07) is 5.56. The number of rotatable bonds is 9. The molecule has 1 aromatic heterocycles. The van der Waals surface area contributed by atoms with Crippen LogP contribution in [0.2, 0.25) is 0 Å². The number of thiazole rings is 1. The lowest BCUT2D eigenvalue weighted by Crippen LogP contribution is -2.58. The average Bonchev–Trinajstić information content (AvgIpc) is 3.87. The van der Waals surface area contributed by atoms with Crippen LogP contribution in [0.3, 0.4) is 0 Å². The van der Waals surface area contributed by atoms with Crippen molar-refractivity contribution in [3.05, 3.63) is 53.6 Å². The van der Waals surface area contributed by atoms with Gasteiger partial charge in [0.25, 0.3) is 5.91 Å². The molecule has 2 aromatic rings. The predicted molar refractivity (Wildman–Crippen MR) is 197 cm³/mol. The molecule has 0 radical (unpaired) electrons. The van der Waals surface area contributed by atoms with Gasteiger partial charge in [0.15, 0.2) is 0 Å². The molecule has 14 nitrogen and oxygen atoms in total. The maximum absolute atomic E-state index is 14.4. The number of carbonyl (C=O) groups excluding carboxylic acids is 4. The Labute approximate surface area is 313 Å². The molecule has 1 aromatic carbocycles. The molecule has 0 spiro atoms. The van der Waals surface area contributed by atoms with E-state index in [1.54, 1.807) is 12.4 Å². The molecule has 3 saturated carbocycles. The number of aromatic nitrogens is 1. The standard InChI is InChI=1S/C37H46N6O8S2/c44-32-31-20-27(51-39-22-24-10-6-9-14-29(24)33-38-18-19-52-33)23-43(31)34(45)30(40-36(47)50-26-12-7-8-13-26)15-5-3-1-2-4-11-25-21-37(25,41-32)35(46)42-53(48,49)28-16-17-28/h4,6,9-11,14,18-19,22,25-28,30-31H,1-3,5,7-8,12-13,15-17,20-21,23H2,(H,40,47)(H,41,44)(H,42,46)/b11-4-,39-22+/t25-,27-,30+,31+,37?/m1/s1. The molecule has 53 heavy (non-hydrogen) atoms. The van der Waals surface area contributed by atoms with Crippen LogP contribution < -0.4 is 15.4 Å². The molecular formula is C37H46N6O8S2. The molecule has 2 aliphatic heterocycles. The largest absolute Gasteiger partial charge is 0.446 e. The number of carbonyl (C=O) groups is 4. The first-order chi connectivity index (χ1) is 25.6. The molecule has 1 saturated heterocycles. The van der Waals surface area contributed by atoms with Crippen LogP contribution in [-0.4, -0.2) is 90.0 Å². The average molecular weight is 767 g/mol. The third-order valence-corrected chi connectivity index (χ3v) is 13.4. The SMILES string of the molecule is O=C(N[C@H]1CCCCC/C=C\[C@@H]2CC2(C(=O)NS(=O)(=O)C2CC2)NC(=O)[C@@H]2C[C@@H](O/N=C/c3ccccc3-c3nccs3)CN2C1=O)OC1CCCC1. The van der Waals surface area contributed by atoms with E-state index < -0.39 is 68.7 Å². The minimum absolute atomic E-state index is 0.00315. The van der Waals surface area contributed by atoms with E-state index in [1.807, 2.05) is 41.8 Å². The molecule has 5 atom stereocenters. The second-order valence-corrected chi connectivity index (χ2v) is 17.5. The number of ether oxygens (including phenoxy) is 1. The van der Waals surface area contributed by atoms with Gasteiger partial charge in [-0.2, -0.15) is 0 Å². The van der Waals surface area contributed by atoms with Crippen LogP contribution in [0.25, 0.3) is 10.6 Å². The van der Waals surface area contributed by atoms with E-state index in [0.29, 0.717) is 32.1 Å². The fourth-order valence-electron chi connectivity index (χ4n) is 7.51. The van der Waals surface area contributed by atoms with Crippen LogP contribution in [0.5, 0.6) is 0 Å². The van der Waals surface area contributed by atoms with E-state index >= 15 is 0 Å². The zero-order chi connectivity index (χ0) is 37.0. The highest BCUT2D eigenvalue weighted by Crippen LogP contribution is 2.46. The number of oxime groups is 1. The zero-order valence-electron chi connectivity index (χ0n) is 29.5. The van der Waals surface area contributed by atoms with Crippen molar-refractivity contribution in [1.82, 2.24) is 25.2 Å². The highest BCUT2D eigenvalue weighted by molar-refractivity contribution is 7.91. The minimum atomic E-state index is -3.87. The predicted octanol–water partition coefficient (Wildman–Crippen LogP) is 4.17. The molecule has 3 N–H and O–H groups in total. The molecule has 7 rings (SSSR count). The molecule has 3 aliphatic carbocycles. The van der Waals surface area contributed by atoms with Gasteiger partial charge >= 0.3 is 6.09 Å². The van der Waals surface area contributed by atoms with E-state index in [2.05, 4.69) is 25.5 Å². The molecule has 3 heterocycles. The van der Waals surface area contributed by atoms with Gasteiger partial charge in [0.1, 0.15) is 34.8 Å². The number of amides is 4. The number of sulfonamides is 1. The Balaban J connectivity index is 1.13. The molecular weight excluding hydrogens is 721 g/mol. The maximum atomic E-state index is 14.4. The van der Waals surface area contributed by atoms with Gasteiger partial charge in [-0.15, -0.1) is 11.3 Å². The third-order valence-electron chi connectivity index (χ3n) is 10.7. The summed E-state index contributed by atoms with van der Waals surface area (Å²) in [5.41, 5.74) is 0.169. The Bertz CT molecular complexity index is 1840. The van der Waals surface area contributed by atoms with Crippen molar-refractivity contribution in [2.24, 2.45) is 11.1 Å². The number of nitrogens with one attached hydrogen (secondary N) is 3. The summed E-state index contributed by atoms with van der Waals surface area (Å²) in [5, 5.41) is 12.0. The van der Waals surface area contributed by atoms with Gasteiger partial charge in [0.2, 0.25) is 21.8 Å². The number of benzene rings is 1. The van der Waals surface area contributed by atoms with Crippen LogP contribution in [0.15, 0.2) is 53.2 Å². The van der Waals surface area contributed by atoms with Crippen molar-refractivity contribution in [2.45, 2.75) is 119 Å². The number of hydrogen-bond donors (Lipinski definition) is 3. The minimum Gasteiger partial charge on any atom is -0.446 e. The number of allylic oxidation sites excluding steroid dienone is 1. The first-order valence-corrected chi connectivity index (χ1v) is 21.1. The Kier molecular flexibility index (Phi) is 11.2. The van der Waals surface area contributed by atoms with Crippen LogP contribution in [0, 0.1) is 5.92 Å². The normalized spacial score (nSPS) is 28.9. The summed E-state index contributed by atoms with van der Waals surface area (Å²) < 4.78 is 33.4. The van der Waals surface area contributed by atoms with Crippen molar-refractivity contribution in [3.8, 4) is 10.6 Å². The fraction of sp³-hybridized carbons (Fsp3) is 0.568. The number of alkyl carbamates (subject to hydrolysis) is 1. The first-order valence-electron chi connectivity index (χ1n) is 18.6. The van der Waals surface area contributed by atoms with Crippen molar-refractivity contribution >= 4 is 51.4 Å². The van der Waals surface area contributed by atoms with Crippen molar-refractivity contribution < 1.29 is 37.2 Å². The van der Waals surface area contributed by atoms with Crippen LogP contribution in [0.1, 0.15) is 89.0 Å². The van der Waals surface area contributed by atoms with Gasteiger partial charge in [0, 0.05) is 35.0 Å². The summed E-state index contributed by atoms with van der Waals surface area (Å²) in [4.78, 5) is 67.0. The van der Waals surface area contributed by atoms with Gasteiger partial charge < -0.3 is 25.1 Å². The van der Waals surface area contributed by atoms with E-state index in [-0.39, 0.29) is 25.5 Å². The Morgan fingerprint density at radius 2 is 1.83 bits per heavy atom. The molecule has 284 valence electrons. The first kappa shape index (κ1) is 37.0. The molecule has 5 aliphatic rings. The van der Waals surface area contributed by atoms with E-state index in [1.165, 1.54) is 16.2 Å². The fourth-order valence-corrected chi connectivity index (χ4v) is 9.56. The highest BCUT2D eigenvalue weighted by Gasteiger charge is 2.62. The second kappa shape index (κ2) is 16.0. The molecule has 0 bridgehead atoms. The monoisotopic (exact) mass is 766 g/mol. The van der Waals surface area contributed by atoms with Gasteiger partial charge in [0.05, 0.1) is 18.0 Å². The van der Waals surface area contributed by atoms with E-state index in [9.17, 15) is 27.6 Å². The summed E-state index contributed by atoms with van der Waals surface area (Å²) in [7, 11) is -3.87. The van der Waals surface area contributed by atoms with E-state index in [0.717, 1.165) is 54.7 Å². The lowest BCUT2D eigenvalue weighted by Gasteiger charge is -2.30. The van der Waals surface area contributed by atoms with Crippen molar-refractivity contribution in [2.75, 3.05) is 6.54 Å². The van der Waals surface area contributed by atoms with Crippen LogP contribution in [0.4, 0.5) is 4.79 Å². The molecule has 4 fully saturated rings. The third kappa shape index (κ3) is 8.75. The Hall–Kier alpha value is -4.31. The summed E-state index contributed by atoms with van der Waals surface area (Å²) >= 11 is 1.50. The van der Waals surface area contributed by atoms with Gasteiger partial charge in [-0.3, -0.25) is 19.1 Å². The Morgan fingerprint density at radius 3 is 2.60 bits per heavy atom. The topological polar surface area (TPSA) is 185 Å². The van der Waals surface area contributed by atoms with Crippen molar-refractivity contribution in [1.29, 1.82) is 0 Å². The van der Waals surface area contributed by atoms with E-state index in [4.69, 9.17) is 9.57 Å². The molecule has 16 heteroatoms. The van der Waals surface area contributed by atoms with Gasteiger partial charge in [-0.25, -0.2) is 18.2 Å². The number of hydrogen-bond acceptors (Lipinski definition) is 11. The maximum Gasteiger partial charge on any atom is 0.408 e. The quantitative estimate of drug-likeness (QED) is 0.192. The second-order valence-electron chi connectivity index (χ2n) is 14.7. The smallest absolute Gasteiger partial charge is 0.408 e. The van der Waals surface area contributed by atoms with Crippen LogP contribution in [-0.2, 0) is 34.0 Å². The summed E-state index contributed by atoms with van der Waals surface area (Å²) in [6.45, 7) is -0.00315.